The average Bonchev–Trinajstić information content (AvgIpc) is 3.17. The van der Waals surface area contributed by atoms with E-state index in [4.69, 9.17) is 29.2 Å². The third kappa shape index (κ3) is 14.0. The number of hydrogen-bond acceptors (Lipinski definition) is 8. The van der Waals surface area contributed by atoms with Crippen molar-refractivity contribution in [2.24, 2.45) is 0 Å². The first kappa shape index (κ1) is 42.0. The highest BCUT2D eigenvalue weighted by Gasteiger charge is 2.17. The van der Waals surface area contributed by atoms with Crippen molar-refractivity contribution in [3.63, 3.8) is 0 Å². The highest BCUT2D eigenvalue weighted by molar-refractivity contribution is 5.88. The number of aliphatic hydroxyl groups is 2. The minimum Gasteiger partial charge on any atom is -0.490 e. The number of carbonyl (C=O) groups is 2. The molecule has 2 N–H and O–H groups in total. The van der Waals surface area contributed by atoms with E-state index in [1.165, 1.54) is 73.6 Å². The summed E-state index contributed by atoms with van der Waals surface area (Å²) in [4.78, 5) is 23.5. The smallest absolute Gasteiger partial charge is 0.335 e. The summed E-state index contributed by atoms with van der Waals surface area (Å²) in [6, 6.07) is 20.7. The molecule has 8 heteroatoms. The van der Waals surface area contributed by atoms with Gasteiger partial charge in [-0.25, -0.2) is 9.59 Å². The van der Waals surface area contributed by atoms with Crippen LogP contribution in [0.1, 0.15) is 89.2 Å². The number of esters is 2. The van der Waals surface area contributed by atoms with Gasteiger partial charge in [-0.15, -0.1) is 0 Å². The number of hydrogen-bond donors (Lipinski definition) is 2. The molecule has 3 aromatic carbocycles. The maximum atomic E-state index is 11.7. The summed E-state index contributed by atoms with van der Waals surface area (Å²) in [6.07, 6.45) is 14.1. The highest BCUT2D eigenvalue weighted by Crippen LogP contribution is 2.37. The second kappa shape index (κ2) is 24.0. The quantitative estimate of drug-likeness (QED) is 0.0482. The molecule has 0 bridgehead atoms. The minimum absolute atomic E-state index is 0.0163. The summed E-state index contributed by atoms with van der Waals surface area (Å²) >= 11 is 0. The van der Waals surface area contributed by atoms with E-state index in [0.29, 0.717) is 11.5 Å². The molecule has 0 aliphatic rings. The Balaban J connectivity index is 1.86. The van der Waals surface area contributed by atoms with Crippen molar-refractivity contribution in [3.05, 3.63) is 96.1 Å². The first-order valence-corrected chi connectivity index (χ1v) is 18.9. The maximum absolute atomic E-state index is 11.7. The van der Waals surface area contributed by atoms with Gasteiger partial charge in [-0.3, -0.25) is 0 Å². The van der Waals surface area contributed by atoms with Crippen LogP contribution in [-0.4, -0.2) is 61.8 Å². The molecule has 282 valence electrons. The number of rotatable bonds is 26. The number of benzene rings is 3. The fraction of sp³-hybridized carbons (Fsp3) is 0.455. The van der Waals surface area contributed by atoms with Gasteiger partial charge in [0.25, 0.3) is 0 Å². The minimum atomic E-state index is -0.625. The summed E-state index contributed by atoms with van der Waals surface area (Å²) in [5, 5.41) is 18.1. The highest BCUT2D eigenvalue weighted by atomic mass is 16.6. The van der Waals surface area contributed by atoms with Gasteiger partial charge >= 0.3 is 11.9 Å². The molecule has 0 radical (unpaired) electrons. The van der Waals surface area contributed by atoms with E-state index in [9.17, 15) is 9.59 Å². The molecule has 0 saturated heterocycles. The van der Waals surface area contributed by atoms with E-state index in [2.05, 4.69) is 63.4 Å². The molecule has 0 unspecified atom stereocenters. The van der Waals surface area contributed by atoms with Gasteiger partial charge in [0, 0.05) is 0 Å². The Bertz CT molecular complexity index is 1430. The van der Waals surface area contributed by atoms with Crippen LogP contribution >= 0.6 is 0 Å². The van der Waals surface area contributed by atoms with Crippen molar-refractivity contribution >= 4 is 11.9 Å². The van der Waals surface area contributed by atoms with Crippen LogP contribution in [0.2, 0.25) is 0 Å². The predicted molar refractivity (Wildman–Crippen MR) is 208 cm³/mol. The van der Waals surface area contributed by atoms with Crippen molar-refractivity contribution < 1.29 is 38.7 Å². The normalized spacial score (nSPS) is 10.8. The standard InChI is InChI=1S/C44H58O8/c1-5-7-9-11-13-15-41-39(35-17-21-37(22-18-35)49-27-29-51-43(47)33(3)31-45)25-26-40(42(41)16-14-12-10-8-6-2)36-19-23-38(24-20-36)50-28-30-52-44(48)34(4)32-46/h17-26,45-46H,3-16,27-32H2,1-2H3. The van der Waals surface area contributed by atoms with Crippen LogP contribution in [0, 0.1) is 0 Å². The molecule has 3 aromatic rings. The van der Waals surface area contributed by atoms with E-state index in [1.54, 1.807) is 0 Å². The van der Waals surface area contributed by atoms with E-state index in [0.717, 1.165) is 36.8 Å². The van der Waals surface area contributed by atoms with Crippen LogP contribution in [-0.2, 0) is 31.9 Å². The molecule has 0 amide bonds. The van der Waals surface area contributed by atoms with Gasteiger partial charge in [0.1, 0.15) is 37.9 Å². The number of unbranched alkanes of at least 4 members (excludes halogenated alkanes) is 8. The molecule has 0 fully saturated rings. The van der Waals surface area contributed by atoms with Crippen molar-refractivity contribution in [2.45, 2.75) is 90.9 Å². The largest absolute Gasteiger partial charge is 0.490 e. The van der Waals surface area contributed by atoms with Gasteiger partial charge in [0.15, 0.2) is 0 Å². The number of ether oxygens (including phenoxy) is 4. The van der Waals surface area contributed by atoms with Gasteiger partial charge in [0.2, 0.25) is 0 Å². The van der Waals surface area contributed by atoms with Crippen LogP contribution in [0.5, 0.6) is 11.5 Å². The van der Waals surface area contributed by atoms with Gasteiger partial charge in [0.05, 0.1) is 24.4 Å². The Morgan fingerprint density at radius 2 is 0.885 bits per heavy atom. The molecule has 0 saturated carbocycles. The summed E-state index contributed by atoms with van der Waals surface area (Å²) in [7, 11) is 0. The molecule has 0 heterocycles. The van der Waals surface area contributed by atoms with Crippen molar-refractivity contribution in [3.8, 4) is 33.8 Å². The molecule has 0 aliphatic heterocycles. The van der Waals surface area contributed by atoms with E-state index < -0.39 is 25.2 Å². The fourth-order valence-electron chi connectivity index (χ4n) is 6.00. The van der Waals surface area contributed by atoms with Crippen molar-refractivity contribution in [1.82, 2.24) is 0 Å². The Morgan fingerprint density at radius 3 is 1.23 bits per heavy atom. The molecule has 0 aromatic heterocycles. The first-order valence-electron chi connectivity index (χ1n) is 18.9. The van der Waals surface area contributed by atoms with Gasteiger partial charge < -0.3 is 29.2 Å². The van der Waals surface area contributed by atoms with Crippen LogP contribution in [0.15, 0.2) is 85.0 Å². The third-order valence-electron chi connectivity index (χ3n) is 8.95. The first-order chi connectivity index (χ1) is 25.3. The number of aliphatic hydroxyl groups excluding tert-OH is 2. The number of carbonyl (C=O) groups excluding carboxylic acids is 2. The monoisotopic (exact) mass is 714 g/mol. The third-order valence-corrected chi connectivity index (χ3v) is 8.95. The maximum Gasteiger partial charge on any atom is 0.335 e. The topological polar surface area (TPSA) is 112 Å². The van der Waals surface area contributed by atoms with Crippen LogP contribution < -0.4 is 9.47 Å². The van der Waals surface area contributed by atoms with Gasteiger partial charge in [-0.05, 0) is 83.3 Å². The lowest BCUT2D eigenvalue weighted by Crippen LogP contribution is -2.15. The summed E-state index contributed by atoms with van der Waals surface area (Å²) in [6.45, 7) is 11.1. The Hall–Kier alpha value is -4.40. The molecule has 3 rings (SSSR count). The van der Waals surface area contributed by atoms with E-state index in [-0.39, 0.29) is 37.6 Å². The van der Waals surface area contributed by atoms with Crippen LogP contribution in [0.4, 0.5) is 0 Å². The van der Waals surface area contributed by atoms with E-state index >= 15 is 0 Å². The average molecular weight is 715 g/mol. The van der Waals surface area contributed by atoms with E-state index in [1.807, 2.05) is 24.3 Å². The molecular weight excluding hydrogens is 656 g/mol. The second-order valence-corrected chi connectivity index (χ2v) is 13.0. The lowest BCUT2D eigenvalue weighted by molar-refractivity contribution is -0.141. The fourth-order valence-corrected chi connectivity index (χ4v) is 6.00. The summed E-state index contributed by atoms with van der Waals surface area (Å²) < 4.78 is 21.8. The molecule has 0 spiro atoms. The van der Waals surface area contributed by atoms with Crippen molar-refractivity contribution in [1.29, 1.82) is 0 Å². The molecule has 0 aliphatic carbocycles. The predicted octanol–water partition coefficient (Wildman–Crippen LogP) is 8.99. The van der Waals surface area contributed by atoms with Crippen LogP contribution in [0.3, 0.4) is 0 Å². The molecule has 8 nitrogen and oxygen atoms in total. The Kier molecular flexibility index (Phi) is 19.4. The Labute approximate surface area is 310 Å². The second-order valence-electron chi connectivity index (χ2n) is 13.0. The Morgan fingerprint density at radius 1 is 0.519 bits per heavy atom. The SMILES string of the molecule is C=C(CO)C(=O)OCCOc1ccc(-c2ccc(-c3ccc(OCCOC(=O)C(=C)CO)cc3)c(CCCCCCC)c2CCCCCCC)cc1. The van der Waals surface area contributed by atoms with Gasteiger partial charge in [-0.1, -0.05) is 115 Å². The zero-order valence-electron chi connectivity index (χ0n) is 31.3. The lowest BCUT2D eigenvalue weighted by Gasteiger charge is -2.21. The molecule has 52 heavy (non-hydrogen) atoms. The zero-order valence-corrected chi connectivity index (χ0v) is 31.3. The lowest BCUT2D eigenvalue weighted by atomic mass is 9.84. The zero-order chi connectivity index (χ0) is 37.6. The molecule has 0 atom stereocenters. The van der Waals surface area contributed by atoms with Crippen molar-refractivity contribution in [2.75, 3.05) is 39.6 Å². The summed E-state index contributed by atoms with van der Waals surface area (Å²) in [5.41, 5.74) is 7.58. The van der Waals surface area contributed by atoms with Gasteiger partial charge in [-0.2, -0.15) is 0 Å². The molecular formula is C44H58O8. The van der Waals surface area contributed by atoms with Crippen LogP contribution in [0.25, 0.3) is 22.3 Å². The summed E-state index contributed by atoms with van der Waals surface area (Å²) in [5.74, 6) is 0.121.